The maximum Gasteiger partial charge on any atom is 0.276 e. The van der Waals surface area contributed by atoms with Crippen LogP contribution in [0.1, 0.15) is 50.6 Å². The Balaban J connectivity index is 1.51. The lowest BCUT2D eigenvalue weighted by Gasteiger charge is -2.32. The van der Waals surface area contributed by atoms with Crippen LogP contribution in [-0.4, -0.2) is 38.0 Å². The van der Waals surface area contributed by atoms with E-state index in [9.17, 15) is 14.0 Å². The van der Waals surface area contributed by atoms with E-state index in [1.54, 1.807) is 64.3 Å². The first-order valence-corrected chi connectivity index (χ1v) is 11.6. The molecule has 2 aromatic carbocycles. The fraction of sp³-hybridized carbons (Fsp3) is 0.192. The fourth-order valence-electron chi connectivity index (χ4n) is 4.47. The summed E-state index contributed by atoms with van der Waals surface area (Å²) in [5.41, 5.74) is 3.80. The van der Waals surface area contributed by atoms with Gasteiger partial charge in [0, 0.05) is 40.6 Å². The number of H-pyrrole nitrogens is 1. The first-order valence-electron chi connectivity index (χ1n) is 11.2. The Kier molecular flexibility index (Phi) is 6.13. The molecule has 1 atom stereocenters. The van der Waals surface area contributed by atoms with Crippen LogP contribution in [-0.2, 0) is 13.1 Å². The number of nitrogens with zero attached hydrogens (tertiary/aromatic N) is 3. The van der Waals surface area contributed by atoms with E-state index in [2.05, 4.69) is 15.4 Å². The lowest BCUT2D eigenvalue weighted by Crippen LogP contribution is -2.38. The summed E-state index contributed by atoms with van der Waals surface area (Å²) >= 11 is 5.96. The molecule has 0 bridgehead atoms. The lowest BCUT2D eigenvalue weighted by molar-refractivity contribution is 0.0711. The van der Waals surface area contributed by atoms with Gasteiger partial charge in [0.15, 0.2) is 5.69 Å². The highest BCUT2D eigenvalue weighted by molar-refractivity contribution is 6.30. The van der Waals surface area contributed by atoms with Gasteiger partial charge in [-0.15, -0.1) is 0 Å². The zero-order valence-electron chi connectivity index (χ0n) is 19.0. The molecule has 0 saturated heterocycles. The number of aromatic amines is 1. The van der Waals surface area contributed by atoms with Crippen LogP contribution < -0.4 is 5.32 Å². The number of aromatic nitrogens is 3. The molecule has 0 saturated carbocycles. The zero-order chi connectivity index (χ0) is 24.5. The van der Waals surface area contributed by atoms with Crippen molar-refractivity contribution in [3.63, 3.8) is 0 Å². The summed E-state index contributed by atoms with van der Waals surface area (Å²) < 4.78 is 15.2. The monoisotopic (exact) mass is 491 g/mol. The van der Waals surface area contributed by atoms with E-state index in [-0.39, 0.29) is 35.8 Å². The van der Waals surface area contributed by atoms with Crippen molar-refractivity contribution in [3.8, 4) is 0 Å². The first kappa shape index (κ1) is 22.9. The molecule has 2 N–H and O–H groups in total. The maximum absolute atomic E-state index is 13.4. The normalized spacial score (nSPS) is 15.1. The molecule has 4 aromatic rings. The van der Waals surface area contributed by atoms with Crippen molar-refractivity contribution in [3.05, 3.63) is 106 Å². The Morgan fingerprint density at radius 2 is 1.89 bits per heavy atom. The van der Waals surface area contributed by atoms with Crippen molar-refractivity contribution < 1.29 is 14.0 Å². The van der Waals surface area contributed by atoms with E-state index in [1.165, 1.54) is 12.1 Å². The van der Waals surface area contributed by atoms with Gasteiger partial charge in [0.1, 0.15) is 11.5 Å². The van der Waals surface area contributed by atoms with Gasteiger partial charge in [-0.05, 0) is 54.1 Å². The van der Waals surface area contributed by atoms with Crippen molar-refractivity contribution >= 4 is 29.1 Å². The molecule has 1 aliphatic heterocycles. The van der Waals surface area contributed by atoms with Gasteiger partial charge in [-0.3, -0.25) is 14.3 Å². The highest BCUT2D eigenvalue weighted by atomic mass is 35.5. The number of amides is 2. The van der Waals surface area contributed by atoms with Crippen LogP contribution >= 0.6 is 11.6 Å². The molecule has 178 valence electrons. The second-order valence-electron chi connectivity index (χ2n) is 8.63. The Morgan fingerprint density at radius 1 is 1.14 bits per heavy atom. The van der Waals surface area contributed by atoms with Gasteiger partial charge in [-0.25, -0.2) is 4.39 Å². The number of fused-ring (bicyclic) bond motifs is 1. The molecule has 2 amide bonds. The van der Waals surface area contributed by atoms with E-state index < -0.39 is 0 Å². The van der Waals surface area contributed by atoms with Crippen LogP contribution in [0.5, 0.6) is 0 Å². The fourth-order valence-corrected chi connectivity index (χ4v) is 4.60. The summed E-state index contributed by atoms with van der Waals surface area (Å²) in [5.74, 6) is -0.889. The van der Waals surface area contributed by atoms with Gasteiger partial charge in [0.2, 0.25) is 0 Å². The van der Waals surface area contributed by atoms with E-state index in [0.717, 1.165) is 11.3 Å². The van der Waals surface area contributed by atoms with Crippen molar-refractivity contribution in [2.75, 3.05) is 11.9 Å². The molecule has 0 unspecified atom stereocenters. The molecular formula is C26H23ClFN5O2. The van der Waals surface area contributed by atoms with Crippen LogP contribution in [0.2, 0.25) is 5.02 Å². The quantitative estimate of drug-likeness (QED) is 0.409. The zero-order valence-corrected chi connectivity index (χ0v) is 19.7. The average Bonchev–Trinajstić information content (AvgIpc) is 3.50. The molecule has 1 aliphatic rings. The van der Waals surface area contributed by atoms with Gasteiger partial charge in [-0.1, -0.05) is 30.7 Å². The van der Waals surface area contributed by atoms with Crippen LogP contribution in [0, 0.1) is 5.82 Å². The SMILES string of the molecule is C[C@@H]1CN(C(=O)c2ccc[nH]2)Cc2c(C(=O)Nc3ccc(Cl)cc3)nn(Cc3ccc(F)cc3)c21. The molecular weight excluding hydrogens is 469 g/mol. The summed E-state index contributed by atoms with van der Waals surface area (Å²) in [6, 6.07) is 16.5. The second-order valence-corrected chi connectivity index (χ2v) is 9.06. The van der Waals surface area contributed by atoms with Crippen LogP contribution in [0.4, 0.5) is 10.1 Å². The number of rotatable bonds is 5. The minimum Gasteiger partial charge on any atom is -0.357 e. The molecule has 35 heavy (non-hydrogen) atoms. The first-order chi connectivity index (χ1) is 16.9. The van der Waals surface area contributed by atoms with Crippen molar-refractivity contribution in [1.82, 2.24) is 19.7 Å². The predicted molar refractivity (Wildman–Crippen MR) is 131 cm³/mol. The number of hydrogen-bond donors (Lipinski definition) is 2. The number of carbonyl (C=O) groups is 2. The third kappa shape index (κ3) is 4.70. The summed E-state index contributed by atoms with van der Waals surface area (Å²) in [6.45, 7) is 3.13. The van der Waals surface area contributed by atoms with E-state index in [4.69, 9.17) is 11.6 Å². The Hall–Kier alpha value is -3.91. The van der Waals surface area contributed by atoms with Crippen molar-refractivity contribution in [1.29, 1.82) is 0 Å². The second kappa shape index (κ2) is 9.38. The Labute approximate surface area is 206 Å². The number of benzene rings is 2. The highest BCUT2D eigenvalue weighted by Crippen LogP contribution is 2.32. The van der Waals surface area contributed by atoms with E-state index in [0.29, 0.717) is 35.1 Å². The van der Waals surface area contributed by atoms with Gasteiger partial charge in [-0.2, -0.15) is 5.10 Å². The molecule has 0 fully saturated rings. The van der Waals surface area contributed by atoms with Gasteiger partial charge >= 0.3 is 0 Å². The molecule has 5 rings (SSSR count). The number of nitrogens with one attached hydrogen (secondary N) is 2. The third-order valence-corrected chi connectivity index (χ3v) is 6.33. The summed E-state index contributed by atoms with van der Waals surface area (Å²) in [7, 11) is 0. The lowest BCUT2D eigenvalue weighted by atomic mass is 9.95. The minimum atomic E-state index is -0.372. The van der Waals surface area contributed by atoms with Crippen LogP contribution in [0.25, 0.3) is 0 Å². The van der Waals surface area contributed by atoms with Crippen molar-refractivity contribution in [2.24, 2.45) is 0 Å². The molecule has 0 spiro atoms. The van der Waals surface area contributed by atoms with Crippen LogP contribution in [0.3, 0.4) is 0 Å². The average molecular weight is 492 g/mol. The predicted octanol–water partition coefficient (Wildman–Crippen LogP) is 5.06. The molecule has 7 nitrogen and oxygen atoms in total. The number of anilines is 1. The molecule has 2 aromatic heterocycles. The summed E-state index contributed by atoms with van der Waals surface area (Å²) in [5, 5.41) is 8.11. The van der Waals surface area contributed by atoms with E-state index in [1.807, 2.05) is 6.92 Å². The number of carbonyl (C=O) groups excluding carboxylic acids is 2. The van der Waals surface area contributed by atoms with Crippen LogP contribution in [0.15, 0.2) is 66.9 Å². The van der Waals surface area contributed by atoms with Crippen molar-refractivity contribution in [2.45, 2.75) is 25.9 Å². The Morgan fingerprint density at radius 3 is 2.57 bits per heavy atom. The van der Waals surface area contributed by atoms with Gasteiger partial charge in [0.05, 0.1) is 13.1 Å². The largest absolute Gasteiger partial charge is 0.357 e. The number of hydrogen-bond acceptors (Lipinski definition) is 3. The topological polar surface area (TPSA) is 83.0 Å². The number of halogens is 2. The molecule has 3 heterocycles. The smallest absolute Gasteiger partial charge is 0.276 e. The minimum absolute atomic E-state index is 0.0670. The van der Waals surface area contributed by atoms with E-state index >= 15 is 0 Å². The molecule has 0 radical (unpaired) electrons. The van der Waals surface area contributed by atoms with Gasteiger partial charge in [0.25, 0.3) is 11.8 Å². The standard InChI is InChI=1S/C26H23ClFN5O2/c1-16-13-32(26(35)22-3-2-12-29-22)15-21-23(25(34)30-20-10-6-18(27)7-11-20)31-33(24(16)21)14-17-4-8-19(28)9-5-17/h2-12,16,29H,13-15H2,1H3,(H,30,34)/t16-/m1/s1. The maximum atomic E-state index is 13.4. The third-order valence-electron chi connectivity index (χ3n) is 6.08. The summed E-state index contributed by atoms with van der Waals surface area (Å²) in [6.07, 6.45) is 1.71. The van der Waals surface area contributed by atoms with Gasteiger partial charge < -0.3 is 15.2 Å². The molecule has 9 heteroatoms. The highest BCUT2D eigenvalue weighted by Gasteiger charge is 2.34. The Bertz CT molecular complexity index is 1360. The molecule has 0 aliphatic carbocycles. The summed E-state index contributed by atoms with van der Waals surface area (Å²) in [4.78, 5) is 31.1.